The number of benzene rings is 2. The van der Waals surface area contributed by atoms with Crippen molar-refractivity contribution in [3.8, 4) is 11.5 Å². The number of likely N-dealkylation sites (N-methyl/N-ethyl adjacent to an activating group) is 1. The van der Waals surface area contributed by atoms with E-state index in [1.807, 2.05) is 0 Å². The molecule has 1 amide bonds. The molecule has 0 spiro atoms. The van der Waals surface area contributed by atoms with Gasteiger partial charge in [-0.15, -0.1) is 0 Å². The Balaban J connectivity index is 1.85. The van der Waals surface area contributed by atoms with Gasteiger partial charge in [-0.25, -0.2) is 0 Å². The van der Waals surface area contributed by atoms with Crippen molar-refractivity contribution >= 4 is 50.7 Å². The van der Waals surface area contributed by atoms with Crippen molar-refractivity contribution in [3.05, 3.63) is 50.9 Å². The molecule has 0 aromatic heterocycles. The maximum atomic E-state index is 12.1. The average Bonchev–Trinajstić information content (AvgIpc) is 2.66. The van der Waals surface area contributed by atoms with Gasteiger partial charge in [-0.05, 0) is 49.5 Å². The zero-order valence-electron chi connectivity index (χ0n) is 15.8. The fourth-order valence-corrected chi connectivity index (χ4v) is 3.42. The van der Waals surface area contributed by atoms with Crippen molar-refractivity contribution in [2.45, 2.75) is 13.8 Å². The summed E-state index contributed by atoms with van der Waals surface area (Å²) in [6, 6.07) is 10.3. The summed E-state index contributed by atoms with van der Waals surface area (Å²) in [6.07, 6.45) is 0. The van der Waals surface area contributed by atoms with Crippen LogP contribution in [0.1, 0.15) is 13.8 Å². The standard InChI is InChI=1S/C20H23BrCl2N2O3/c1-3-25(4-2)9-10-27-18-8-6-15(12-17(18)23)24-20(26)13-28-19-7-5-14(21)11-16(19)22/h5-8,11-12H,3-4,9-10,13H2,1-2H3,(H,24,26). The van der Waals surface area contributed by atoms with Crippen LogP contribution < -0.4 is 14.8 Å². The highest BCUT2D eigenvalue weighted by Crippen LogP contribution is 2.29. The second-order valence-electron chi connectivity index (χ2n) is 5.93. The molecule has 0 fully saturated rings. The van der Waals surface area contributed by atoms with E-state index in [1.165, 1.54) is 0 Å². The van der Waals surface area contributed by atoms with Crippen LogP contribution in [0.15, 0.2) is 40.9 Å². The molecule has 0 saturated heterocycles. The number of amides is 1. The summed E-state index contributed by atoms with van der Waals surface area (Å²) in [7, 11) is 0. The van der Waals surface area contributed by atoms with Gasteiger partial charge in [-0.2, -0.15) is 0 Å². The van der Waals surface area contributed by atoms with Gasteiger partial charge in [0.15, 0.2) is 6.61 Å². The van der Waals surface area contributed by atoms with Gasteiger partial charge in [0.1, 0.15) is 18.1 Å². The minimum atomic E-state index is -0.315. The van der Waals surface area contributed by atoms with Gasteiger partial charge in [0.2, 0.25) is 0 Å². The highest BCUT2D eigenvalue weighted by Gasteiger charge is 2.09. The number of hydrogen-bond donors (Lipinski definition) is 1. The van der Waals surface area contributed by atoms with Gasteiger partial charge in [-0.1, -0.05) is 53.0 Å². The zero-order chi connectivity index (χ0) is 20.5. The fourth-order valence-electron chi connectivity index (χ4n) is 2.45. The zero-order valence-corrected chi connectivity index (χ0v) is 18.9. The second kappa shape index (κ2) is 11.5. The number of rotatable bonds is 10. The Bertz CT molecular complexity index is 801. The van der Waals surface area contributed by atoms with Crippen LogP contribution in [-0.4, -0.2) is 43.7 Å². The van der Waals surface area contributed by atoms with Gasteiger partial charge in [0.05, 0.1) is 10.0 Å². The maximum absolute atomic E-state index is 12.1. The molecular weight excluding hydrogens is 467 g/mol. The lowest BCUT2D eigenvalue weighted by Crippen LogP contribution is -2.27. The molecule has 0 aliphatic rings. The third-order valence-corrected chi connectivity index (χ3v) is 5.11. The van der Waals surface area contributed by atoms with Crippen LogP contribution >= 0.6 is 39.1 Å². The van der Waals surface area contributed by atoms with Gasteiger partial charge < -0.3 is 19.7 Å². The van der Waals surface area contributed by atoms with E-state index in [2.05, 4.69) is 40.0 Å². The average molecular weight is 490 g/mol. The molecule has 2 aromatic carbocycles. The highest BCUT2D eigenvalue weighted by atomic mass is 79.9. The maximum Gasteiger partial charge on any atom is 0.262 e. The summed E-state index contributed by atoms with van der Waals surface area (Å²) in [5, 5.41) is 3.61. The van der Waals surface area contributed by atoms with E-state index in [0.29, 0.717) is 33.8 Å². The van der Waals surface area contributed by atoms with E-state index in [4.69, 9.17) is 32.7 Å². The molecule has 0 atom stereocenters. The molecule has 0 radical (unpaired) electrons. The van der Waals surface area contributed by atoms with Gasteiger partial charge in [-0.3, -0.25) is 4.79 Å². The van der Waals surface area contributed by atoms with Crippen molar-refractivity contribution in [3.63, 3.8) is 0 Å². The number of nitrogens with one attached hydrogen (secondary N) is 1. The summed E-state index contributed by atoms with van der Waals surface area (Å²) in [6.45, 7) is 7.40. The second-order valence-corrected chi connectivity index (χ2v) is 7.66. The van der Waals surface area contributed by atoms with E-state index < -0.39 is 0 Å². The van der Waals surface area contributed by atoms with Crippen LogP contribution in [0.5, 0.6) is 11.5 Å². The quantitative estimate of drug-likeness (QED) is 0.479. The molecule has 8 heteroatoms. The lowest BCUT2D eigenvalue weighted by atomic mass is 10.3. The first-order chi connectivity index (χ1) is 13.4. The number of ether oxygens (including phenoxy) is 2. The van der Waals surface area contributed by atoms with E-state index >= 15 is 0 Å². The van der Waals surface area contributed by atoms with Crippen molar-refractivity contribution < 1.29 is 14.3 Å². The predicted molar refractivity (Wildman–Crippen MR) is 118 cm³/mol. The summed E-state index contributed by atoms with van der Waals surface area (Å²) in [5.41, 5.74) is 0.566. The lowest BCUT2D eigenvalue weighted by molar-refractivity contribution is -0.118. The Kier molecular flexibility index (Phi) is 9.38. The summed E-state index contributed by atoms with van der Waals surface area (Å²) in [5.74, 6) is 0.713. The molecular formula is C20H23BrCl2N2O3. The third-order valence-electron chi connectivity index (χ3n) is 4.03. The molecule has 2 rings (SSSR count). The first-order valence-electron chi connectivity index (χ1n) is 8.95. The van der Waals surface area contributed by atoms with Gasteiger partial charge >= 0.3 is 0 Å². The molecule has 0 saturated carbocycles. The molecule has 0 bridgehead atoms. The fraction of sp³-hybridized carbons (Fsp3) is 0.350. The number of nitrogens with zero attached hydrogens (tertiary/aromatic N) is 1. The van der Waals surface area contributed by atoms with Crippen molar-refractivity contribution in [1.29, 1.82) is 0 Å². The molecule has 28 heavy (non-hydrogen) atoms. The lowest BCUT2D eigenvalue weighted by Gasteiger charge is -2.18. The molecule has 0 heterocycles. The number of hydrogen-bond acceptors (Lipinski definition) is 4. The van der Waals surface area contributed by atoms with Gasteiger partial charge in [0, 0.05) is 16.7 Å². The Labute approximate surface area is 184 Å². The Morgan fingerprint density at radius 1 is 1.04 bits per heavy atom. The van der Waals surface area contributed by atoms with Crippen molar-refractivity contribution in [2.24, 2.45) is 0 Å². The highest BCUT2D eigenvalue weighted by molar-refractivity contribution is 9.10. The molecule has 0 aliphatic carbocycles. The third kappa shape index (κ3) is 7.17. The Hall–Kier alpha value is -1.47. The van der Waals surface area contributed by atoms with E-state index in [0.717, 1.165) is 24.1 Å². The summed E-state index contributed by atoms with van der Waals surface area (Å²) < 4.78 is 12.0. The van der Waals surface area contributed by atoms with Crippen molar-refractivity contribution in [1.82, 2.24) is 4.90 Å². The van der Waals surface area contributed by atoms with Crippen LogP contribution in [0.3, 0.4) is 0 Å². The number of halogens is 3. The minimum absolute atomic E-state index is 0.166. The number of anilines is 1. The normalized spacial score (nSPS) is 10.8. The molecule has 0 unspecified atom stereocenters. The van der Waals surface area contributed by atoms with Crippen LogP contribution in [0.4, 0.5) is 5.69 Å². The summed E-state index contributed by atoms with van der Waals surface area (Å²) >= 11 is 15.6. The van der Waals surface area contributed by atoms with E-state index in [1.54, 1.807) is 36.4 Å². The SMILES string of the molecule is CCN(CC)CCOc1ccc(NC(=O)COc2ccc(Br)cc2Cl)cc1Cl. The van der Waals surface area contributed by atoms with Crippen LogP contribution in [0.2, 0.25) is 10.0 Å². The van der Waals surface area contributed by atoms with E-state index in [-0.39, 0.29) is 12.5 Å². The monoisotopic (exact) mass is 488 g/mol. The van der Waals surface area contributed by atoms with Crippen molar-refractivity contribution in [2.75, 3.05) is 38.2 Å². The number of carbonyl (C=O) groups is 1. The summed E-state index contributed by atoms with van der Waals surface area (Å²) in [4.78, 5) is 14.4. The predicted octanol–water partition coefficient (Wildman–Crippen LogP) is 5.49. The van der Waals surface area contributed by atoms with Crippen LogP contribution in [0.25, 0.3) is 0 Å². The molecule has 5 nitrogen and oxygen atoms in total. The minimum Gasteiger partial charge on any atom is -0.491 e. The van der Waals surface area contributed by atoms with Gasteiger partial charge in [0.25, 0.3) is 5.91 Å². The van der Waals surface area contributed by atoms with Crippen LogP contribution in [-0.2, 0) is 4.79 Å². The Morgan fingerprint density at radius 2 is 1.68 bits per heavy atom. The molecule has 152 valence electrons. The van der Waals surface area contributed by atoms with Crippen LogP contribution in [0, 0.1) is 0 Å². The molecule has 1 N–H and O–H groups in total. The largest absolute Gasteiger partial charge is 0.491 e. The first kappa shape index (κ1) is 22.8. The molecule has 0 aliphatic heterocycles. The topological polar surface area (TPSA) is 50.8 Å². The number of carbonyl (C=O) groups excluding carboxylic acids is 1. The first-order valence-corrected chi connectivity index (χ1v) is 10.5. The molecule has 2 aromatic rings. The smallest absolute Gasteiger partial charge is 0.262 e. The van der Waals surface area contributed by atoms with E-state index in [9.17, 15) is 4.79 Å². The Morgan fingerprint density at radius 3 is 2.32 bits per heavy atom.